The van der Waals surface area contributed by atoms with Crippen LogP contribution >= 0.6 is 0 Å². The van der Waals surface area contributed by atoms with E-state index < -0.39 is 11.7 Å². The normalized spacial score (nSPS) is 15.0. The summed E-state index contributed by atoms with van der Waals surface area (Å²) in [6.07, 6.45) is 1.84. The van der Waals surface area contributed by atoms with Crippen molar-refractivity contribution in [2.75, 3.05) is 0 Å². The third-order valence-electron chi connectivity index (χ3n) is 2.32. The van der Waals surface area contributed by atoms with Crippen LogP contribution < -0.4 is 0 Å². The fourth-order valence-electron chi connectivity index (χ4n) is 1.18. The van der Waals surface area contributed by atoms with E-state index in [9.17, 15) is 10.2 Å². The van der Waals surface area contributed by atoms with Crippen LogP contribution in [0.3, 0.4) is 0 Å². The van der Waals surface area contributed by atoms with Crippen LogP contribution in [0.15, 0.2) is 0 Å². The highest BCUT2D eigenvalue weighted by Crippen LogP contribution is 2.22. The summed E-state index contributed by atoms with van der Waals surface area (Å²) in [5, 5.41) is 19.2. The van der Waals surface area contributed by atoms with E-state index in [-0.39, 0.29) is 0 Å². The maximum Gasteiger partial charge on any atom is 0.0900 e. The minimum Gasteiger partial charge on any atom is -0.390 e. The van der Waals surface area contributed by atoms with Crippen LogP contribution in [0.25, 0.3) is 0 Å². The zero-order valence-electron chi connectivity index (χ0n) is 7.51. The molecule has 0 heterocycles. The fourth-order valence-corrected chi connectivity index (χ4v) is 1.18. The highest BCUT2D eigenvalue weighted by atomic mass is 16.3. The van der Waals surface area contributed by atoms with Crippen molar-refractivity contribution in [3.63, 3.8) is 0 Å². The van der Waals surface area contributed by atoms with Gasteiger partial charge in [-0.25, -0.2) is 0 Å². The van der Waals surface area contributed by atoms with Crippen LogP contribution in [0.1, 0.15) is 39.5 Å². The predicted molar refractivity (Wildman–Crippen MR) is 46.1 cm³/mol. The van der Waals surface area contributed by atoms with Crippen molar-refractivity contribution in [3.05, 3.63) is 6.92 Å². The molecule has 0 aromatic heterocycles. The van der Waals surface area contributed by atoms with Gasteiger partial charge in [-0.3, -0.25) is 0 Å². The molecule has 0 saturated heterocycles. The molecule has 0 aromatic rings. The first-order valence-electron chi connectivity index (χ1n) is 4.30. The van der Waals surface area contributed by atoms with Crippen molar-refractivity contribution >= 4 is 0 Å². The molecule has 0 aliphatic carbocycles. The lowest BCUT2D eigenvalue weighted by Gasteiger charge is -2.30. The molecular weight excluding hydrogens is 140 g/mol. The molecule has 0 saturated carbocycles. The molecule has 11 heavy (non-hydrogen) atoms. The lowest BCUT2D eigenvalue weighted by Crippen LogP contribution is -2.40. The van der Waals surface area contributed by atoms with Gasteiger partial charge in [0.1, 0.15) is 0 Å². The molecule has 1 unspecified atom stereocenters. The lowest BCUT2D eigenvalue weighted by molar-refractivity contribution is -0.0823. The number of rotatable bonds is 5. The van der Waals surface area contributed by atoms with E-state index in [1.807, 2.05) is 13.8 Å². The Labute approximate surface area is 69.2 Å². The zero-order valence-corrected chi connectivity index (χ0v) is 7.51. The summed E-state index contributed by atoms with van der Waals surface area (Å²) < 4.78 is 0. The molecule has 0 rings (SSSR count). The third-order valence-corrected chi connectivity index (χ3v) is 2.32. The quantitative estimate of drug-likeness (QED) is 0.638. The van der Waals surface area contributed by atoms with Crippen molar-refractivity contribution in [2.24, 2.45) is 0 Å². The van der Waals surface area contributed by atoms with Crippen LogP contribution in [0, 0.1) is 6.92 Å². The highest BCUT2D eigenvalue weighted by Gasteiger charge is 2.30. The maximum atomic E-state index is 9.75. The van der Waals surface area contributed by atoms with Gasteiger partial charge in [0, 0.05) is 0 Å². The number of aliphatic hydroxyl groups is 2. The first-order chi connectivity index (χ1) is 5.10. The molecule has 2 heteroatoms. The summed E-state index contributed by atoms with van der Waals surface area (Å²) in [5.74, 6) is 0. The molecule has 0 spiro atoms. The maximum absolute atomic E-state index is 9.75. The molecular formula is C9H19O2. The molecule has 0 aliphatic heterocycles. The Balaban J connectivity index is 4.00. The number of aliphatic hydroxyl groups excluding tert-OH is 1. The van der Waals surface area contributed by atoms with Gasteiger partial charge in [0.05, 0.1) is 11.7 Å². The standard InChI is InChI=1S/C9H19O2/c1-4-7-8(10)9(11,5-2)6-3/h8,10-11H,1,4-7H2,2-3H3. The Hall–Kier alpha value is -0.0800. The van der Waals surface area contributed by atoms with Crippen LogP contribution in [-0.4, -0.2) is 21.9 Å². The molecule has 0 aromatic carbocycles. The fraction of sp³-hybridized carbons (Fsp3) is 0.889. The van der Waals surface area contributed by atoms with Gasteiger partial charge in [-0.2, -0.15) is 0 Å². The van der Waals surface area contributed by atoms with Gasteiger partial charge >= 0.3 is 0 Å². The first kappa shape index (κ1) is 10.9. The summed E-state index contributed by atoms with van der Waals surface area (Å²) in [5.41, 5.74) is -0.891. The van der Waals surface area contributed by atoms with E-state index >= 15 is 0 Å². The highest BCUT2D eigenvalue weighted by molar-refractivity contribution is 4.83. The van der Waals surface area contributed by atoms with E-state index in [1.165, 1.54) is 0 Å². The second-order valence-electron chi connectivity index (χ2n) is 2.97. The van der Waals surface area contributed by atoms with E-state index in [1.54, 1.807) is 0 Å². The minimum absolute atomic E-state index is 0.582. The third kappa shape index (κ3) is 2.80. The van der Waals surface area contributed by atoms with E-state index in [4.69, 9.17) is 0 Å². The second kappa shape index (κ2) is 4.73. The molecule has 0 amide bonds. The van der Waals surface area contributed by atoms with Crippen molar-refractivity contribution in [1.29, 1.82) is 0 Å². The van der Waals surface area contributed by atoms with Gasteiger partial charge in [-0.05, 0) is 19.3 Å². The van der Waals surface area contributed by atoms with Crippen LogP contribution in [-0.2, 0) is 0 Å². The molecule has 1 atom stereocenters. The Morgan fingerprint density at radius 3 is 2.09 bits per heavy atom. The van der Waals surface area contributed by atoms with Crippen LogP contribution in [0.5, 0.6) is 0 Å². The van der Waals surface area contributed by atoms with Gasteiger partial charge in [0.15, 0.2) is 0 Å². The van der Waals surface area contributed by atoms with Gasteiger partial charge in [-0.15, -0.1) is 0 Å². The van der Waals surface area contributed by atoms with Crippen LogP contribution in [0.2, 0.25) is 0 Å². The Morgan fingerprint density at radius 2 is 1.82 bits per heavy atom. The number of hydrogen-bond acceptors (Lipinski definition) is 2. The van der Waals surface area contributed by atoms with Gasteiger partial charge in [0.2, 0.25) is 0 Å². The second-order valence-corrected chi connectivity index (χ2v) is 2.97. The lowest BCUT2D eigenvalue weighted by atomic mass is 9.88. The molecule has 0 fully saturated rings. The smallest absolute Gasteiger partial charge is 0.0900 e. The molecule has 0 bridgehead atoms. The summed E-state index contributed by atoms with van der Waals surface area (Å²) in [6, 6.07) is 0. The summed E-state index contributed by atoms with van der Waals surface area (Å²) in [7, 11) is 0. The summed E-state index contributed by atoms with van der Waals surface area (Å²) in [4.78, 5) is 0. The van der Waals surface area contributed by atoms with E-state index in [0.717, 1.165) is 0 Å². The Morgan fingerprint density at radius 1 is 1.36 bits per heavy atom. The molecule has 67 valence electrons. The summed E-state index contributed by atoms with van der Waals surface area (Å²) in [6.45, 7) is 7.41. The SMILES string of the molecule is [CH2]CCC(O)C(O)(CC)CC. The molecule has 0 aliphatic rings. The summed E-state index contributed by atoms with van der Waals surface area (Å²) >= 11 is 0. The molecule has 2 nitrogen and oxygen atoms in total. The van der Waals surface area contributed by atoms with Crippen molar-refractivity contribution in [3.8, 4) is 0 Å². The van der Waals surface area contributed by atoms with Crippen LogP contribution in [0.4, 0.5) is 0 Å². The van der Waals surface area contributed by atoms with Crippen molar-refractivity contribution < 1.29 is 10.2 Å². The first-order valence-corrected chi connectivity index (χ1v) is 4.30. The van der Waals surface area contributed by atoms with Crippen molar-refractivity contribution in [1.82, 2.24) is 0 Å². The van der Waals surface area contributed by atoms with Gasteiger partial charge in [-0.1, -0.05) is 27.2 Å². The Kier molecular flexibility index (Phi) is 4.69. The van der Waals surface area contributed by atoms with E-state index in [0.29, 0.717) is 25.7 Å². The largest absolute Gasteiger partial charge is 0.390 e. The predicted octanol–water partition coefficient (Wildman–Crippen LogP) is 1.51. The zero-order chi connectivity index (χ0) is 8.91. The van der Waals surface area contributed by atoms with Gasteiger partial charge < -0.3 is 10.2 Å². The minimum atomic E-state index is -0.891. The van der Waals surface area contributed by atoms with E-state index in [2.05, 4.69) is 6.92 Å². The topological polar surface area (TPSA) is 40.5 Å². The molecule has 1 radical (unpaired) electrons. The monoisotopic (exact) mass is 159 g/mol. The molecule has 2 N–H and O–H groups in total. The van der Waals surface area contributed by atoms with Gasteiger partial charge in [0.25, 0.3) is 0 Å². The van der Waals surface area contributed by atoms with Crippen molar-refractivity contribution in [2.45, 2.75) is 51.2 Å². The average Bonchev–Trinajstić information content (AvgIpc) is 2.03. The average molecular weight is 159 g/mol. The number of hydrogen-bond donors (Lipinski definition) is 2. The Bertz CT molecular complexity index is 97.7.